The van der Waals surface area contributed by atoms with E-state index < -0.39 is 10.0 Å². The third-order valence-electron chi connectivity index (χ3n) is 2.63. The Bertz CT molecular complexity index is 664. The van der Waals surface area contributed by atoms with Crippen LogP contribution >= 0.6 is 27.3 Å². The molecule has 0 N–H and O–H groups in total. The Balaban J connectivity index is 2.50. The predicted octanol–water partition coefficient (Wildman–Crippen LogP) is 3.64. The summed E-state index contributed by atoms with van der Waals surface area (Å²) < 4.78 is 27.2. The van der Waals surface area contributed by atoms with Gasteiger partial charge in [0.25, 0.3) is 10.0 Å². The van der Waals surface area contributed by atoms with Crippen LogP contribution in [0.1, 0.15) is 5.56 Å². The van der Waals surface area contributed by atoms with Crippen molar-refractivity contribution in [1.82, 2.24) is 0 Å². The number of hydrogen-bond acceptors (Lipinski definition) is 3. The lowest BCUT2D eigenvalue weighted by Crippen LogP contribution is -2.26. The highest BCUT2D eigenvalue weighted by atomic mass is 79.9. The van der Waals surface area contributed by atoms with Crippen molar-refractivity contribution in [3.05, 3.63) is 45.7 Å². The average Bonchev–Trinajstić information content (AvgIpc) is 2.76. The number of nitrogens with zero attached hydrogens (tertiary/aromatic N) is 1. The highest BCUT2D eigenvalue weighted by Crippen LogP contribution is 2.32. The van der Waals surface area contributed by atoms with Crippen LogP contribution in [0.2, 0.25) is 0 Å². The number of para-hydroxylation sites is 1. The summed E-state index contributed by atoms with van der Waals surface area (Å²) in [5.41, 5.74) is 1.62. The third kappa shape index (κ3) is 2.32. The summed E-state index contributed by atoms with van der Waals surface area (Å²) >= 11 is 4.47. The van der Waals surface area contributed by atoms with E-state index in [1.807, 2.05) is 25.1 Å². The maximum atomic E-state index is 12.5. The Labute approximate surface area is 119 Å². The lowest BCUT2D eigenvalue weighted by atomic mass is 10.2. The number of anilines is 1. The van der Waals surface area contributed by atoms with Crippen molar-refractivity contribution in [2.45, 2.75) is 11.1 Å². The van der Waals surface area contributed by atoms with Gasteiger partial charge in [0.15, 0.2) is 4.21 Å². The molecule has 3 nitrogen and oxygen atoms in total. The summed E-state index contributed by atoms with van der Waals surface area (Å²) in [7, 11) is -1.92. The van der Waals surface area contributed by atoms with Crippen molar-refractivity contribution in [3.8, 4) is 0 Å². The molecule has 0 saturated carbocycles. The normalized spacial score (nSPS) is 11.5. The Kier molecular flexibility index (Phi) is 3.79. The molecule has 18 heavy (non-hydrogen) atoms. The highest BCUT2D eigenvalue weighted by molar-refractivity contribution is 9.10. The molecular weight excluding hydrogens is 334 g/mol. The molecule has 2 aromatic rings. The van der Waals surface area contributed by atoms with Gasteiger partial charge in [-0.3, -0.25) is 4.31 Å². The largest absolute Gasteiger partial charge is 0.274 e. The van der Waals surface area contributed by atoms with Crippen LogP contribution in [0.4, 0.5) is 5.69 Å². The lowest BCUT2D eigenvalue weighted by molar-refractivity contribution is 0.596. The monoisotopic (exact) mass is 345 g/mol. The quantitative estimate of drug-likeness (QED) is 0.851. The standard InChI is InChI=1S/C12H12BrNO2S2/c1-9-5-3-4-6-11(9)14(2)18(15,16)12-10(13)7-8-17-12/h3-8H,1-2H3. The number of hydrogen-bond donors (Lipinski definition) is 0. The van der Waals surface area contributed by atoms with Gasteiger partial charge < -0.3 is 0 Å². The van der Waals surface area contributed by atoms with Crippen LogP contribution in [-0.2, 0) is 10.0 Å². The highest BCUT2D eigenvalue weighted by Gasteiger charge is 2.25. The van der Waals surface area contributed by atoms with Gasteiger partial charge >= 0.3 is 0 Å². The number of aryl methyl sites for hydroxylation is 1. The molecule has 0 aliphatic rings. The lowest BCUT2D eigenvalue weighted by Gasteiger charge is -2.20. The van der Waals surface area contributed by atoms with Gasteiger partial charge in [0.05, 0.1) is 5.69 Å². The molecule has 0 unspecified atom stereocenters. The Morgan fingerprint density at radius 2 is 1.89 bits per heavy atom. The number of benzene rings is 1. The zero-order valence-electron chi connectivity index (χ0n) is 9.92. The molecule has 0 fully saturated rings. The van der Waals surface area contributed by atoms with Crippen LogP contribution in [-0.4, -0.2) is 15.5 Å². The van der Waals surface area contributed by atoms with Gasteiger partial charge in [0.2, 0.25) is 0 Å². The van der Waals surface area contributed by atoms with Gasteiger partial charge in [-0.2, -0.15) is 0 Å². The van der Waals surface area contributed by atoms with Gasteiger partial charge in [-0.1, -0.05) is 18.2 Å². The molecule has 2 rings (SSSR count). The van der Waals surface area contributed by atoms with Crippen molar-refractivity contribution in [2.24, 2.45) is 0 Å². The summed E-state index contributed by atoms with van der Waals surface area (Å²) in [6.45, 7) is 1.89. The van der Waals surface area contributed by atoms with Gasteiger partial charge in [-0.05, 0) is 45.9 Å². The van der Waals surface area contributed by atoms with E-state index in [0.29, 0.717) is 14.4 Å². The van der Waals surface area contributed by atoms with Crippen molar-refractivity contribution in [3.63, 3.8) is 0 Å². The van der Waals surface area contributed by atoms with E-state index in [0.717, 1.165) is 5.56 Å². The second kappa shape index (κ2) is 5.03. The predicted molar refractivity (Wildman–Crippen MR) is 78.8 cm³/mol. The summed E-state index contributed by atoms with van der Waals surface area (Å²) in [6, 6.07) is 9.15. The fourth-order valence-corrected chi connectivity index (χ4v) is 5.36. The first kappa shape index (κ1) is 13.6. The van der Waals surface area contributed by atoms with Crippen molar-refractivity contribution < 1.29 is 8.42 Å². The van der Waals surface area contributed by atoms with E-state index in [4.69, 9.17) is 0 Å². The molecule has 0 atom stereocenters. The molecule has 0 spiro atoms. The molecule has 0 radical (unpaired) electrons. The molecule has 96 valence electrons. The molecule has 1 aromatic carbocycles. The zero-order chi connectivity index (χ0) is 13.3. The van der Waals surface area contributed by atoms with E-state index in [2.05, 4.69) is 15.9 Å². The number of thiophene rings is 1. The van der Waals surface area contributed by atoms with Crippen LogP contribution in [0.5, 0.6) is 0 Å². The molecule has 0 aliphatic carbocycles. The van der Waals surface area contributed by atoms with E-state index in [-0.39, 0.29) is 0 Å². The topological polar surface area (TPSA) is 37.4 Å². The molecule has 0 amide bonds. The Morgan fingerprint density at radius 1 is 1.22 bits per heavy atom. The van der Waals surface area contributed by atoms with Crippen molar-refractivity contribution in [2.75, 3.05) is 11.4 Å². The van der Waals surface area contributed by atoms with Crippen LogP contribution in [0.25, 0.3) is 0 Å². The molecule has 1 heterocycles. The molecule has 0 aliphatic heterocycles. The average molecular weight is 346 g/mol. The minimum absolute atomic E-state index is 0.327. The number of rotatable bonds is 3. The van der Waals surface area contributed by atoms with Gasteiger partial charge in [-0.15, -0.1) is 11.3 Å². The van der Waals surface area contributed by atoms with Crippen molar-refractivity contribution in [1.29, 1.82) is 0 Å². The van der Waals surface area contributed by atoms with Crippen LogP contribution in [0.3, 0.4) is 0 Å². The second-order valence-electron chi connectivity index (χ2n) is 3.82. The minimum Gasteiger partial charge on any atom is -0.268 e. The summed E-state index contributed by atoms with van der Waals surface area (Å²) in [5.74, 6) is 0. The molecule has 0 bridgehead atoms. The number of halogens is 1. The fraction of sp³-hybridized carbons (Fsp3) is 0.167. The summed E-state index contributed by atoms with van der Waals surface area (Å²) in [6.07, 6.45) is 0. The SMILES string of the molecule is Cc1ccccc1N(C)S(=O)(=O)c1sccc1Br. The minimum atomic E-state index is -3.50. The molecular formula is C12H12BrNO2S2. The summed E-state index contributed by atoms with van der Waals surface area (Å²) in [4.78, 5) is 0. The van der Waals surface area contributed by atoms with E-state index in [1.165, 1.54) is 15.6 Å². The van der Waals surface area contributed by atoms with E-state index in [1.54, 1.807) is 24.6 Å². The third-order valence-corrected chi connectivity index (χ3v) is 7.05. The smallest absolute Gasteiger partial charge is 0.268 e. The molecule has 6 heteroatoms. The van der Waals surface area contributed by atoms with Gasteiger partial charge in [0.1, 0.15) is 0 Å². The van der Waals surface area contributed by atoms with Crippen LogP contribution in [0, 0.1) is 6.92 Å². The van der Waals surface area contributed by atoms with Crippen molar-refractivity contribution >= 4 is 43.0 Å². The maximum absolute atomic E-state index is 12.5. The fourth-order valence-electron chi connectivity index (χ4n) is 1.63. The Morgan fingerprint density at radius 3 is 2.44 bits per heavy atom. The van der Waals surface area contributed by atoms with E-state index in [9.17, 15) is 8.42 Å². The zero-order valence-corrected chi connectivity index (χ0v) is 13.1. The summed E-state index contributed by atoms with van der Waals surface area (Å²) in [5, 5.41) is 1.75. The Hall–Kier alpha value is -0.850. The molecule has 0 saturated heterocycles. The van der Waals surface area contributed by atoms with E-state index >= 15 is 0 Å². The number of sulfonamides is 1. The van der Waals surface area contributed by atoms with Gasteiger partial charge in [0, 0.05) is 11.5 Å². The van der Waals surface area contributed by atoms with Gasteiger partial charge in [-0.25, -0.2) is 8.42 Å². The van der Waals surface area contributed by atoms with Crippen LogP contribution in [0.15, 0.2) is 44.4 Å². The second-order valence-corrected chi connectivity index (χ2v) is 7.75. The maximum Gasteiger partial charge on any atom is 0.274 e. The van der Waals surface area contributed by atoms with Crippen LogP contribution < -0.4 is 4.31 Å². The molecule has 1 aromatic heterocycles. The first-order chi connectivity index (χ1) is 8.44. The first-order valence-corrected chi connectivity index (χ1v) is 8.33. The first-order valence-electron chi connectivity index (χ1n) is 5.22.